The normalized spacial score (nSPS) is 12.6. The average Bonchev–Trinajstić information content (AvgIpc) is 3.44. The fraction of sp³-hybridized carbons (Fsp3) is 0.764. The molecule has 450 valence electrons. The molecule has 6 nitrogen and oxygen atoms in total. The summed E-state index contributed by atoms with van der Waals surface area (Å²) in [6.07, 6.45) is 87.4. The van der Waals surface area contributed by atoms with Crippen molar-refractivity contribution in [3.63, 3.8) is 0 Å². The van der Waals surface area contributed by atoms with Crippen molar-refractivity contribution in [2.24, 2.45) is 0 Å². The van der Waals surface area contributed by atoms with Gasteiger partial charge in [-0.15, -0.1) is 0 Å². The van der Waals surface area contributed by atoms with Gasteiger partial charge in [0, 0.05) is 19.3 Å². The molecular weight excluding hydrogens is 961 g/mol. The van der Waals surface area contributed by atoms with Gasteiger partial charge < -0.3 is 14.2 Å². The topological polar surface area (TPSA) is 78.9 Å². The van der Waals surface area contributed by atoms with Crippen molar-refractivity contribution in [3.8, 4) is 0 Å². The van der Waals surface area contributed by atoms with Crippen LogP contribution in [0.5, 0.6) is 0 Å². The van der Waals surface area contributed by atoms with E-state index in [4.69, 9.17) is 14.2 Å². The summed E-state index contributed by atoms with van der Waals surface area (Å²) >= 11 is 0. The number of hydrogen-bond acceptors (Lipinski definition) is 6. The number of esters is 3. The molecule has 0 aromatic carbocycles. The number of rotatable bonds is 61. The lowest BCUT2D eigenvalue weighted by molar-refractivity contribution is -0.167. The number of ether oxygens (including phenoxy) is 3. The summed E-state index contributed by atoms with van der Waals surface area (Å²) in [4.78, 5) is 38.3. The molecule has 1 unspecified atom stereocenters. The highest BCUT2D eigenvalue weighted by atomic mass is 16.6. The summed E-state index contributed by atoms with van der Waals surface area (Å²) in [5.74, 6) is -0.881. The Kier molecular flexibility index (Phi) is 63.2. The standard InChI is InChI=1S/C72H126O6/c1-4-7-10-13-16-19-22-25-28-30-31-32-33-34-35-36-37-38-39-40-41-43-44-47-50-53-56-59-62-65-71(74)77-68-69(67-76-70(73)64-61-58-55-52-49-46-27-24-21-18-15-12-9-6-3)78-72(75)66-63-60-57-54-51-48-45-42-29-26-23-20-17-14-11-8-5-2/h7,10,16-17,19-20,24-29,31-32,69H,4-6,8-9,11-15,18,21-23,30,33-68H2,1-3H3/b10-7-,19-16-,20-17-,27-24-,28-25-,29-26-,32-31-. The molecule has 0 aliphatic rings. The second-order valence-corrected chi connectivity index (χ2v) is 22.3. The second kappa shape index (κ2) is 66.1. The lowest BCUT2D eigenvalue weighted by Gasteiger charge is -2.18. The first-order chi connectivity index (χ1) is 38.5. The fourth-order valence-corrected chi connectivity index (χ4v) is 9.58. The van der Waals surface area contributed by atoms with Crippen LogP contribution in [0.15, 0.2) is 85.1 Å². The van der Waals surface area contributed by atoms with Gasteiger partial charge in [-0.05, 0) is 116 Å². The van der Waals surface area contributed by atoms with E-state index in [1.54, 1.807) is 0 Å². The minimum atomic E-state index is -0.784. The molecule has 0 N–H and O–H groups in total. The monoisotopic (exact) mass is 1090 g/mol. The third-order valence-electron chi connectivity index (χ3n) is 14.6. The van der Waals surface area contributed by atoms with Gasteiger partial charge in [-0.3, -0.25) is 14.4 Å². The number of hydrogen-bond donors (Lipinski definition) is 0. The van der Waals surface area contributed by atoms with Crippen molar-refractivity contribution < 1.29 is 28.6 Å². The number of carbonyl (C=O) groups excluding carboxylic acids is 3. The predicted octanol–water partition coefficient (Wildman–Crippen LogP) is 23.1. The van der Waals surface area contributed by atoms with Gasteiger partial charge in [-0.1, -0.05) is 286 Å². The molecule has 0 aromatic rings. The Labute approximate surface area is 484 Å². The summed E-state index contributed by atoms with van der Waals surface area (Å²) in [7, 11) is 0. The van der Waals surface area contributed by atoms with E-state index >= 15 is 0 Å². The van der Waals surface area contributed by atoms with Crippen molar-refractivity contribution in [1.82, 2.24) is 0 Å². The molecular formula is C72H126O6. The molecule has 0 aromatic heterocycles. The summed E-state index contributed by atoms with van der Waals surface area (Å²) < 4.78 is 16.9. The summed E-state index contributed by atoms with van der Waals surface area (Å²) in [6, 6.07) is 0. The molecule has 0 saturated heterocycles. The van der Waals surface area contributed by atoms with Crippen LogP contribution in [0.4, 0.5) is 0 Å². The van der Waals surface area contributed by atoms with Crippen molar-refractivity contribution >= 4 is 17.9 Å². The van der Waals surface area contributed by atoms with Gasteiger partial charge in [0.2, 0.25) is 0 Å². The van der Waals surface area contributed by atoms with E-state index in [0.717, 1.165) is 103 Å². The minimum absolute atomic E-state index is 0.0795. The number of carbonyl (C=O) groups is 3. The van der Waals surface area contributed by atoms with Crippen molar-refractivity contribution in [2.45, 2.75) is 341 Å². The average molecular weight is 1090 g/mol. The Bertz CT molecular complexity index is 1480. The molecule has 1 atom stereocenters. The SMILES string of the molecule is CC/C=C\C/C=C\C/C=C\C/C=C\CCCCCCCCCCCCCCCCCCC(=O)OCC(COC(=O)CCCCCCC/C=C\CCCCCCC)OC(=O)CCCCCCCCC/C=C\C/C=C\CCCCC. The van der Waals surface area contributed by atoms with E-state index in [0.29, 0.717) is 19.3 Å². The van der Waals surface area contributed by atoms with E-state index in [-0.39, 0.29) is 31.1 Å². The Balaban J connectivity index is 4.24. The highest BCUT2D eigenvalue weighted by Gasteiger charge is 2.19. The van der Waals surface area contributed by atoms with Crippen molar-refractivity contribution in [2.75, 3.05) is 13.2 Å². The van der Waals surface area contributed by atoms with Crippen LogP contribution < -0.4 is 0 Å². The number of unbranched alkanes of at least 4 members (excludes halogenated alkanes) is 36. The molecule has 0 rings (SSSR count). The predicted molar refractivity (Wildman–Crippen MR) is 339 cm³/mol. The van der Waals surface area contributed by atoms with Crippen molar-refractivity contribution in [1.29, 1.82) is 0 Å². The zero-order valence-electron chi connectivity index (χ0n) is 51.7. The Morgan fingerprint density at radius 3 is 0.821 bits per heavy atom. The van der Waals surface area contributed by atoms with Gasteiger partial charge in [-0.2, -0.15) is 0 Å². The Morgan fingerprint density at radius 2 is 0.500 bits per heavy atom. The summed E-state index contributed by atoms with van der Waals surface area (Å²) in [5, 5.41) is 0. The van der Waals surface area contributed by atoms with Gasteiger partial charge in [-0.25, -0.2) is 0 Å². The quantitative estimate of drug-likeness (QED) is 0.0261. The fourth-order valence-electron chi connectivity index (χ4n) is 9.58. The van der Waals surface area contributed by atoms with Crippen molar-refractivity contribution in [3.05, 3.63) is 85.1 Å². The number of allylic oxidation sites excluding steroid dienone is 14. The van der Waals surface area contributed by atoms with E-state index in [1.165, 1.54) is 193 Å². The molecule has 0 radical (unpaired) electrons. The van der Waals surface area contributed by atoms with E-state index in [2.05, 4.69) is 106 Å². The van der Waals surface area contributed by atoms with Crippen LogP contribution >= 0.6 is 0 Å². The molecule has 0 amide bonds. The Hall–Kier alpha value is -3.41. The molecule has 0 saturated carbocycles. The lowest BCUT2D eigenvalue weighted by atomic mass is 10.0. The van der Waals surface area contributed by atoms with Crippen LogP contribution in [0.3, 0.4) is 0 Å². The van der Waals surface area contributed by atoms with E-state index < -0.39 is 6.10 Å². The van der Waals surface area contributed by atoms with Gasteiger partial charge in [0.05, 0.1) is 0 Å². The first kappa shape index (κ1) is 74.6. The highest BCUT2D eigenvalue weighted by molar-refractivity contribution is 5.71. The summed E-state index contributed by atoms with van der Waals surface area (Å²) in [5.41, 5.74) is 0. The lowest BCUT2D eigenvalue weighted by Crippen LogP contribution is -2.30. The maximum atomic E-state index is 12.9. The third kappa shape index (κ3) is 63.4. The minimum Gasteiger partial charge on any atom is -0.462 e. The van der Waals surface area contributed by atoms with Crippen LogP contribution in [0, 0.1) is 0 Å². The molecule has 0 bridgehead atoms. The second-order valence-electron chi connectivity index (χ2n) is 22.3. The smallest absolute Gasteiger partial charge is 0.306 e. The van der Waals surface area contributed by atoms with E-state index in [9.17, 15) is 14.4 Å². The molecule has 0 aliphatic carbocycles. The van der Waals surface area contributed by atoms with Gasteiger partial charge in [0.15, 0.2) is 6.10 Å². The van der Waals surface area contributed by atoms with Crippen LogP contribution in [0.25, 0.3) is 0 Å². The third-order valence-corrected chi connectivity index (χ3v) is 14.6. The van der Waals surface area contributed by atoms with Gasteiger partial charge >= 0.3 is 17.9 Å². The molecule has 78 heavy (non-hydrogen) atoms. The first-order valence-corrected chi connectivity index (χ1v) is 33.6. The summed E-state index contributed by atoms with van der Waals surface area (Å²) in [6.45, 7) is 6.52. The van der Waals surface area contributed by atoms with Crippen LogP contribution in [-0.4, -0.2) is 37.2 Å². The maximum Gasteiger partial charge on any atom is 0.306 e. The maximum absolute atomic E-state index is 12.9. The molecule has 0 fully saturated rings. The molecule has 0 heterocycles. The highest BCUT2D eigenvalue weighted by Crippen LogP contribution is 2.17. The van der Waals surface area contributed by atoms with Crippen LogP contribution in [0.1, 0.15) is 335 Å². The van der Waals surface area contributed by atoms with E-state index in [1.807, 2.05) is 0 Å². The zero-order valence-corrected chi connectivity index (χ0v) is 51.7. The van der Waals surface area contributed by atoms with Crippen LogP contribution in [-0.2, 0) is 28.6 Å². The van der Waals surface area contributed by atoms with Crippen LogP contribution in [0.2, 0.25) is 0 Å². The van der Waals surface area contributed by atoms with Gasteiger partial charge in [0.1, 0.15) is 13.2 Å². The molecule has 0 spiro atoms. The van der Waals surface area contributed by atoms with Gasteiger partial charge in [0.25, 0.3) is 0 Å². The Morgan fingerprint density at radius 1 is 0.269 bits per heavy atom. The zero-order chi connectivity index (χ0) is 56.4. The first-order valence-electron chi connectivity index (χ1n) is 33.6. The largest absolute Gasteiger partial charge is 0.462 e. The molecule has 0 aliphatic heterocycles. The molecule has 6 heteroatoms.